The number of hydrogen-bond donors (Lipinski definition) is 1. The Labute approximate surface area is 121 Å². The first-order valence-corrected chi connectivity index (χ1v) is 8.22. The molecule has 2 rings (SSSR count). The number of rotatable bonds is 3. The Balaban J connectivity index is 2.53. The summed E-state index contributed by atoms with van der Waals surface area (Å²) in [6.07, 6.45) is 3.45. The van der Waals surface area contributed by atoms with Gasteiger partial charge >= 0.3 is 5.97 Å². The zero-order valence-electron chi connectivity index (χ0n) is 10.6. The predicted molar refractivity (Wildman–Crippen MR) is 72.4 cm³/mol. The predicted octanol–water partition coefficient (Wildman–Crippen LogP) is 3.28. The maximum atomic E-state index is 14.1. The van der Waals surface area contributed by atoms with Gasteiger partial charge in [0.1, 0.15) is 4.90 Å². The Kier molecular flexibility index (Phi) is 4.34. The summed E-state index contributed by atoms with van der Waals surface area (Å²) < 4.78 is 39.0. The van der Waals surface area contributed by atoms with Gasteiger partial charge < -0.3 is 5.11 Å². The fourth-order valence-electron chi connectivity index (χ4n) is 2.48. The first-order chi connectivity index (χ1) is 9.34. The summed E-state index contributed by atoms with van der Waals surface area (Å²) in [6, 6.07) is 1.91. The Bertz CT molecular complexity index is 636. The molecule has 1 aromatic carbocycles. The third kappa shape index (κ3) is 2.81. The number of carboxylic acid groups (broad SMARTS) is 1. The standard InChI is InChI=1S/C13H14ClFO4S/c14-8-6-10(13(16)17)12(15)11(7-8)20(18,19)9-4-2-1-3-5-9/h6-7,9H,1-5H2,(H,16,17). The van der Waals surface area contributed by atoms with Crippen LogP contribution in [0, 0.1) is 5.82 Å². The molecule has 0 unspecified atom stereocenters. The molecule has 0 aliphatic heterocycles. The Hall–Kier alpha value is -1.14. The maximum absolute atomic E-state index is 14.1. The van der Waals surface area contributed by atoms with Gasteiger partial charge in [-0.1, -0.05) is 30.9 Å². The van der Waals surface area contributed by atoms with E-state index >= 15 is 0 Å². The van der Waals surface area contributed by atoms with Gasteiger partial charge in [0.15, 0.2) is 15.7 Å². The summed E-state index contributed by atoms with van der Waals surface area (Å²) in [4.78, 5) is 10.3. The Morgan fingerprint density at radius 2 is 1.85 bits per heavy atom. The summed E-state index contributed by atoms with van der Waals surface area (Å²) in [5.41, 5.74) is -0.716. The van der Waals surface area contributed by atoms with Gasteiger partial charge in [-0.25, -0.2) is 17.6 Å². The largest absolute Gasteiger partial charge is 0.478 e. The van der Waals surface area contributed by atoms with Crippen molar-refractivity contribution in [2.75, 3.05) is 0 Å². The molecular formula is C13H14ClFO4S. The first-order valence-electron chi connectivity index (χ1n) is 6.30. The smallest absolute Gasteiger partial charge is 0.338 e. The van der Waals surface area contributed by atoms with Crippen molar-refractivity contribution in [1.82, 2.24) is 0 Å². The van der Waals surface area contributed by atoms with E-state index in [1.165, 1.54) is 0 Å². The van der Waals surface area contributed by atoms with Crippen molar-refractivity contribution in [3.05, 3.63) is 28.5 Å². The summed E-state index contributed by atoms with van der Waals surface area (Å²) in [5.74, 6) is -2.77. The fraction of sp³-hybridized carbons (Fsp3) is 0.462. The van der Waals surface area contributed by atoms with Crippen molar-refractivity contribution in [1.29, 1.82) is 0 Å². The van der Waals surface area contributed by atoms with Gasteiger partial charge in [0.25, 0.3) is 0 Å². The Morgan fingerprint density at radius 3 is 2.40 bits per heavy atom. The molecule has 110 valence electrons. The third-order valence-corrected chi connectivity index (χ3v) is 6.01. The van der Waals surface area contributed by atoms with Crippen LogP contribution in [-0.2, 0) is 9.84 Å². The van der Waals surface area contributed by atoms with Crippen LogP contribution in [0.3, 0.4) is 0 Å². The summed E-state index contributed by atoms with van der Waals surface area (Å²) >= 11 is 5.72. The molecule has 4 nitrogen and oxygen atoms in total. The van der Waals surface area contributed by atoms with E-state index in [1.807, 2.05) is 0 Å². The van der Waals surface area contributed by atoms with Crippen LogP contribution < -0.4 is 0 Å². The molecule has 0 amide bonds. The summed E-state index contributed by atoms with van der Waals surface area (Å²) in [5, 5.41) is 8.14. The topological polar surface area (TPSA) is 71.4 Å². The van der Waals surface area contributed by atoms with Gasteiger partial charge in [0, 0.05) is 5.02 Å². The molecule has 0 radical (unpaired) electrons. The number of halogens is 2. The summed E-state index contributed by atoms with van der Waals surface area (Å²) in [7, 11) is -3.89. The number of sulfone groups is 1. The molecule has 0 bridgehead atoms. The van der Waals surface area contributed by atoms with Crippen molar-refractivity contribution in [3.8, 4) is 0 Å². The van der Waals surface area contributed by atoms with Crippen molar-refractivity contribution < 1.29 is 22.7 Å². The average Bonchev–Trinajstić information content (AvgIpc) is 2.41. The monoisotopic (exact) mass is 320 g/mol. The summed E-state index contributed by atoms with van der Waals surface area (Å²) in [6.45, 7) is 0. The van der Waals surface area contributed by atoms with Crippen LogP contribution in [0.1, 0.15) is 42.5 Å². The van der Waals surface area contributed by atoms with Gasteiger partial charge in [0.2, 0.25) is 0 Å². The van der Waals surface area contributed by atoms with Crippen LogP contribution in [-0.4, -0.2) is 24.7 Å². The first kappa shape index (κ1) is 15.3. The molecule has 1 fully saturated rings. The fourth-order valence-corrected chi connectivity index (χ4v) is 4.73. The van der Waals surface area contributed by atoms with E-state index in [0.717, 1.165) is 31.4 Å². The third-order valence-electron chi connectivity index (χ3n) is 3.53. The molecule has 1 N–H and O–H groups in total. The molecule has 1 aliphatic carbocycles. The second kappa shape index (κ2) is 5.69. The number of hydrogen-bond acceptors (Lipinski definition) is 3. The molecule has 1 saturated carbocycles. The molecular weight excluding hydrogens is 307 g/mol. The SMILES string of the molecule is O=C(O)c1cc(Cl)cc(S(=O)(=O)C2CCCCC2)c1F. The normalized spacial score (nSPS) is 17.1. The maximum Gasteiger partial charge on any atom is 0.338 e. The van der Waals surface area contributed by atoms with Crippen LogP contribution in [0.25, 0.3) is 0 Å². The quantitative estimate of drug-likeness (QED) is 0.927. The minimum absolute atomic E-state index is 0.0989. The second-order valence-electron chi connectivity index (χ2n) is 4.88. The van der Waals surface area contributed by atoms with Crippen LogP contribution >= 0.6 is 11.6 Å². The lowest BCUT2D eigenvalue weighted by Crippen LogP contribution is -2.25. The highest BCUT2D eigenvalue weighted by Crippen LogP contribution is 2.32. The highest BCUT2D eigenvalue weighted by atomic mass is 35.5. The Morgan fingerprint density at radius 1 is 1.25 bits per heavy atom. The minimum Gasteiger partial charge on any atom is -0.478 e. The number of carbonyl (C=O) groups is 1. The van der Waals surface area contributed by atoms with E-state index in [0.29, 0.717) is 12.8 Å². The minimum atomic E-state index is -3.89. The van der Waals surface area contributed by atoms with E-state index in [-0.39, 0.29) is 5.02 Å². The second-order valence-corrected chi connectivity index (χ2v) is 7.51. The van der Waals surface area contributed by atoms with E-state index in [2.05, 4.69) is 0 Å². The molecule has 20 heavy (non-hydrogen) atoms. The molecule has 0 heterocycles. The molecule has 0 spiro atoms. The molecule has 0 saturated heterocycles. The van der Waals surface area contributed by atoms with Crippen molar-refractivity contribution in [3.63, 3.8) is 0 Å². The highest BCUT2D eigenvalue weighted by molar-refractivity contribution is 7.92. The lowest BCUT2D eigenvalue weighted by atomic mass is 10.0. The van der Waals surface area contributed by atoms with Gasteiger partial charge in [-0.15, -0.1) is 0 Å². The van der Waals surface area contributed by atoms with Gasteiger partial charge in [-0.3, -0.25) is 0 Å². The number of aromatic carboxylic acids is 1. The number of carboxylic acids is 1. The van der Waals surface area contributed by atoms with Crippen LogP contribution in [0.2, 0.25) is 5.02 Å². The number of benzene rings is 1. The van der Waals surface area contributed by atoms with E-state index < -0.39 is 37.3 Å². The van der Waals surface area contributed by atoms with Crippen LogP contribution in [0.5, 0.6) is 0 Å². The van der Waals surface area contributed by atoms with Gasteiger partial charge in [0.05, 0.1) is 10.8 Å². The van der Waals surface area contributed by atoms with E-state index in [9.17, 15) is 17.6 Å². The van der Waals surface area contributed by atoms with Crippen molar-refractivity contribution in [2.24, 2.45) is 0 Å². The van der Waals surface area contributed by atoms with Gasteiger partial charge in [-0.2, -0.15) is 0 Å². The molecule has 0 atom stereocenters. The van der Waals surface area contributed by atoms with Crippen LogP contribution in [0.4, 0.5) is 4.39 Å². The van der Waals surface area contributed by atoms with E-state index in [1.54, 1.807) is 0 Å². The van der Waals surface area contributed by atoms with Crippen molar-refractivity contribution >= 4 is 27.4 Å². The molecule has 7 heteroatoms. The molecule has 0 aromatic heterocycles. The lowest BCUT2D eigenvalue weighted by molar-refractivity contribution is 0.0691. The average molecular weight is 321 g/mol. The lowest BCUT2D eigenvalue weighted by Gasteiger charge is -2.22. The zero-order chi connectivity index (χ0) is 14.9. The highest BCUT2D eigenvalue weighted by Gasteiger charge is 2.33. The van der Waals surface area contributed by atoms with Crippen LogP contribution in [0.15, 0.2) is 17.0 Å². The van der Waals surface area contributed by atoms with Gasteiger partial charge in [-0.05, 0) is 25.0 Å². The zero-order valence-corrected chi connectivity index (χ0v) is 12.2. The molecule has 1 aliphatic rings. The van der Waals surface area contributed by atoms with E-state index in [4.69, 9.17) is 16.7 Å². The van der Waals surface area contributed by atoms with Crippen molar-refractivity contribution in [2.45, 2.75) is 42.2 Å². The molecule has 1 aromatic rings.